The molecule has 1 heterocycles. The minimum absolute atomic E-state index is 0. The number of aromatic nitrogens is 1. The average molecular weight is 244 g/mol. The first kappa shape index (κ1) is 14.9. The summed E-state index contributed by atoms with van der Waals surface area (Å²) in [7, 11) is 0. The van der Waals surface area contributed by atoms with Crippen molar-refractivity contribution >= 4 is 24.1 Å². The molecule has 1 atom stereocenters. The third-order valence-corrected chi connectivity index (χ3v) is 2.10. The fourth-order valence-electron chi connectivity index (χ4n) is 1.20. The Kier molecular flexibility index (Phi) is 6.69. The Bertz CT molecular complexity index is 327. The van der Waals surface area contributed by atoms with Gasteiger partial charge in [0.1, 0.15) is 5.82 Å². The highest BCUT2D eigenvalue weighted by atomic mass is 35.5. The molecule has 3 N–H and O–H groups in total. The minimum atomic E-state index is -0.446. The van der Waals surface area contributed by atoms with Crippen molar-refractivity contribution in [1.29, 1.82) is 0 Å². The number of carbonyl (C=O) groups excluding carboxylic acids is 1. The van der Waals surface area contributed by atoms with E-state index in [9.17, 15) is 4.79 Å². The largest absolute Gasteiger partial charge is 0.320 e. The second-order valence-corrected chi connectivity index (χ2v) is 3.61. The molecule has 0 bridgehead atoms. The summed E-state index contributed by atoms with van der Waals surface area (Å²) in [6, 6.07) is 3.22. The summed E-state index contributed by atoms with van der Waals surface area (Å²) in [5.74, 6) is 0.380. The van der Waals surface area contributed by atoms with E-state index in [-0.39, 0.29) is 18.3 Å². The van der Waals surface area contributed by atoms with Crippen molar-refractivity contribution in [2.75, 3.05) is 5.32 Å². The molecule has 1 unspecified atom stereocenters. The van der Waals surface area contributed by atoms with E-state index in [1.54, 1.807) is 12.3 Å². The van der Waals surface area contributed by atoms with E-state index in [0.717, 1.165) is 12.0 Å². The SMILES string of the molecule is CCCC(N)C(=O)Nc1ccc(C)cn1.Cl. The molecule has 0 spiro atoms. The number of nitrogens with two attached hydrogens (primary N) is 1. The molecule has 0 aliphatic carbocycles. The van der Waals surface area contributed by atoms with Gasteiger partial charge in [0.25, 0.3) is 0 Å². The van der Waals surface area contributed by atoms with E-state index < -0.39 is 6.04 Å². The molecule has 0 saturated carbocycles. The van der Waals surface area contributed by atoms with Crippen LogP contribution in [0.3, 0.4) is 0 Å². The van der Waals surface area contributed by atoms with Crippen LogP contribution in [0.1, 0.15) is 25.3 Å². The Morgan fingerprint density at radius 1 is 1.56 bits per heavy atom. The van der Waals surface area contributed by atoms with Crippen molar-refractivity contribution in [1.82, 2.24) is 4.98 Å². The normalized spacial score (nSPS) is 11.4. The molecule has 0 fully saturated rings. The molecular formula is C11H18ClN3O. The standard InChI is InChI=1S/C11H17N3O.ClH/c1-3-4-9(12)11(15)14-10-6-5-8(2)7-13-10;/h5-7,9H,3-4,12H2,1-2H3,(H,13,14,15);1H. The van der Waals surface area contributed by atoms with E-state index in [2.05, 4.69) is 10.3 Å². The van der Waals surface area contributed by atoms with Crippen LogP contribution in [-0.2, 0) is 4.79 Å². The smallest absolute Gasteiger partial charge is 0.242 e. The first-order valence-corrected chi connectivity index (χ1v) is 5.12. The monoisotopic (exact) mass is 243 g/mol. The summed E-state index contributed by atoms with van der Waals surface area (Å²) >= 11 is 0. The number of hydrogen-bond acceptors (Lipinski definition) is 3. The summed E-state index contributed by atoms with van der Waals surface area (Å²) in [4.78, 5) is 15.6. The first-order chi connectivity index (χ1) is 7.13. The Hall–Kier alpha value is -1.13. The van der Waals surface area contributed by atoms with Gasteiger partial charge in [-0.05, 0) is 25.0 Å². The van der Waals surface area contributed by atoms with Crippen LogP contribution in [0.15, 0.2) is 18.3 Å². The van der Waals surface area contributed by atoms with Crippen LogP contribution < -0.4 is 11.1 Å². The molecule has 0 radical (unpaired) electrons. The van der Waals surface area contributed by atoms with Crippen molar-refractivity contribution in [3.63, 3.8) is 0 Å². The lowest BCUT2D eigenvalue weighted by Gasteiger charge is -2.10. The Labute approximate surface area is 102 Å². The lowest BCUT2D eigenvalue weighted by molar-refractivity contribution is -0.117. The number of anilines is 1. The van der Waals surface area contributed by atoms with E-state index in [1.165, 1.54) is 0 Å². The molecule has 1 rings (SSSR count). The van der Waals surface area contributed by atoms with Gasteiger partial charge in [-0.2, -0.15) is 0 Å². The summed E-state index contributed by atoms with van der Waals surface area (Å²) in [6.07, 6.45) is 3.30. The zero-order valence-corrected chi connectivity index (χ0v) is 10.4. The topological polar surface area (TPSA) is 68.0 Å². The van der Waals surface area contributed by atoms with E-state index in [0.29, 0.717) is 12.2 Å². The van der Waals surface area contributed by atoms with Gasteiger partial charge in [-0.1, -0.05) is 19.4 Å². The molecule has 1 amide bonds. The van der Waals surface area contributed by atoms with Gasteiger partial charge in [0.2, 0.25) is 5.91 Å². The van der Waals surface area contributed by atoms with Crippen molar-refractivity contribution in [3.8, 4) is 0 Å². The highest BCUT2D eigenvalue weighted by Crippen LogP contribution is 2.05. The van der Waals surface area contributed by atoms with E-state index in [1.807, 2.05) is 19.9 Å². The maximum atomic E-state index is 11.5. The zero-order chi connectivity index (χ0) is 11.3. The molecule has 0 aliphatic rings. The van der Waals surface area contributed by atoms with Gasteiger partial charge in [0, 0.05) is 6.20 Å². The number of nitrogens with zero attached hydrogens (tertiary/aromatic N) is 1. The third-order valence-electron chi connectivity index (χ3n) is 2.10. The quantitative estimate of drug-likeness (QED) is 0.849. The number of carbonyl (C=O) groups is 1. The second-order valence-electron chi connectivity index (χ2n) is 3.61. The Morgan fingerprint density at radius 3 is 2.75 bits per heavy atom. The maximum absolute atomic E-state index is 11.5. The van der Waals surface area contributed by atoms with Crippen molar-refractivity contribution < 1.29 is 4.79 Å². The predicted octanol–water partition coefficient (Wildman–Crippen LogP) is 1.88. The number of halogens is 1. The summed E-state index contributed by atoms with van der Waals surface area (Å²) in [5, 5.41) is 2.68. The van der Waals surface area contributed by atoms with E-state index >= 15 is 0 Å². The van der Waals surface area contributed by atoms with E-state index in [4.69, 9.17) is 5.73 Å². The van der Waals surface area contributed by atoms with Crippen LogP contribution in [0.5, 0.6) is 0 Å². The van der Waals surface area contributed by atoms with Crippen molar-refractivity contribution in [2.45, 2.75) is 32.7 Å². The molecule has 4 nitrogen and oxygen atoms in total. The van der Waals surface area contributed by atoms with Gasteiger partial charge < -0.3 is 11.1 Å². The number of nitrogens with one attached hydrogen (secondary N) is 1. The van der Waals surface area contributed by atoms with Crippen LogP contribution in [0.25, 0.3) is 0 Å². The number of aryl methyl sites for hydroxylation is 1. The fraction of sp³-hybridized carbons (Fsp3) is 0.455. The van der Waals surface area contributed by atoms with Crippen molar-refractivity contribution in [3.05, 3.63) is 23.9 Å². The molecule has 0 aromatic carbocycles. The fourth-order valence-corrected chi connectivity index (χ4v) is 1.20. The highest BCUT2D eigenvalue weighted by Gasteiger charge is 2.12. The lowest BCUT2D eigenvalue weighted by Crippen LogP contribution is -2.35. The zero-order valence-electron chi connectivity index (χ0n) is 9.56. The third kappa shape index (κ3) is 4.59. The summed E-state index contributed by atoms with van der Waals surface area (Å²) < 4.78 is 0. The molecular weight excluding hydrogens is 226 g/mol. The molecule has 1 aromatic heterocycles. The molecule has 90 valence electrons. The maximum Gasteiger partial charge on any atom is 0.242 e. The van der Waals surface area contributed by atoms with Gasteiger partial charge in [0.05, 0.1) is 6.04 Å². The minimum Gasteiger partial charge on any atom is -0.320 e. The lowest BCUT2D eigenvalue weighted by atomic mass is 10.2. The first-order valence-electron chi connectivity index (χ1n) is 5.12. The number of pyridine rings is 1. The molecule has 0 aliphatic heterocycles. The number of amides is 1. The molecule has 16 heavy (non-hydrogen) atoms. The van der Waals surface area contributed by atoms with Crippen LogP contribution in [-0.4, -0.2) is 16.9 Å². The average Bonchev–Trinajstić information content (AvgIpc) is 2.22. The van der Waals surface area contributed by atoms with Gasteiger partial charge in [-0.25, -0.2) is 4.98 Å². The predicted molar refractivity (Wildman–Crippen MR) is 67.7 cm³/mol. The Balaban J connectivity index is 0.00000225. The van der Waals surface area contributed by atoms with Gasteiger partial charge in [-0.3, -0.25) is 4.79 Å². The number of rotatable bonds is 4. The summed E-state index contributed by atoms with van der Waals surface area (Å²) in [6.45, 7) is 3.94. The van der Waals surface area contributed by atoms with Gasteiger partial charge >= 0.3 is 0 Å². The molecule has 0 saturated heterocycles. The Morgan fingerprint density at radius 2 is 2.25 bits per heavy atom. The molecule has 5 heteroatoms. The number of hydrogen-bond donors (Lipinski definition) is 2. The molecule has 1 aromatic rings. The van der Waals surface area contributed by atoms with Gasteiger partial charge in [0.15, 0.2) is 0 Å². The van der Waals surface area contributed by atoms with Crippen molar-refractivity contribution in [2.24, 2.45) is 5.73 Å². The van der Waals surface area contributed by atoms with Crippen LogP contribution in [0, 0.1) is 6.92 Å². The van der Waals surface area contributed by atoms with Crippen LogP contribution in [0.2, 0.25) is 0 Å². The highest BCUT2D eigenvalue weighted by molar-refractivity contribution is 5.93. The van der Waals surface area contributed by atoms with Gasteiger partial charge in [-0.15, -0.1) is 12.4 Å². The van der Waals surface area contributed by atoms with Crippen LogP contribution in [0.4, 0.5) is 5.82 Å². The second kappa shape index (κ2) is 7.19. The summed E-state index contributed by atoms with van der Waals surface area (Å²) in [5.41, 5.74) is 6.73. The van der Waals surface area contributed by atoms with Crippen LogP contribution >= 0.6 is 12.4 Å².